The van der Waals surface area contributed by atoms with Crippen molar-refractivity contribution in [2.24, 2.45) is 5.41 Å². The Labute approximate surface area is 205 Å². The summed E-state index contributed by atoms with van der Waals surface area (Å²) < 4.78 is 13.5. The van der Waals surface area contributed by atoms with E-state index >= 15 is 0 Å². The molecule has 9 nitrogen and oxygen atoms in total. The number of nitrogens with one attached hydrogen (secondary N) is 1. The fourth-order valence-electron chi connectivity index (χ4n) is 3.89. The smallest absolute Gasteiger partial charge is 0.221 e. The van der Waals surface area contributed by atoms with Crippen LogP contribution in [0.25, 0.3) is 22.5 Å². The van der Waals surface area contributed by atoms with E-state index in [-0.39, 0.29) is 5.41 Å². The molecule has 184 valence electrons. The third-order valence-corrected chi connectivity index (χ3v) is 5.38. The minimum atomic E-state index is -0.561. The lowest BCUT2D eigenvalue weighted by Crippen LogP contribution is -2.19. The van der Waals surface area contributed by atoms with Crippen LogP contribution in [-0.2, 0) is 22.4 Å². The standard InChI is InChI=1S/C26H33N7O2/c1-6-34-25(35-7-2)24-27-22(33(30-24)17-26(3,4)5)16-18-12-14-19(15-13-18)20-10-8-9-11-21(20)23-28-31-32-29-23/h8-15,25H,6-7,16-17H2,1-5H3,(H,28,29,31,32). The van der Waals surface area contributed by atoms with Gasteiger partial charge in [0.1, 0.15) is 5.82 Å². The van der Waals surface area contributed by atoms with Crippen molar-refractivity contribution in [2.45, 2.75) is 53.9 Å². The highest BCUT2D eigenvalue weighted by Crippen LogP contribution is 2.30. The van der Waals surface area contributed by atoms with Gasteiger partial charge < -0.3 is 9.47 Å². The second kappa shape index (κ2) is 10.9. The van der Waals surface area contributed by atoms with E-state index in [1.807, 2.05) is 36.7 Å². The molecule has 0 radical (unpaired) electrons. The van der Waals surface area contributed by atoms with Gasteiger partial charge in [-0.05, 0) is 41.2 Å². The molecule has 0 spiro atoms. The molecule has 0 aliphatic carbocycles. The Kier molecular flexibility index (Phi) is 7.67. The zero-order valence-corrected chi connectivity index (χ0v) is 21.0. The number of aromatic amines is 1. The minimum Gasteiger partial charge on any atom is -0.346 e. The Morgan fingerprint density at radius 1 is 0.943 bits per heavy atom. The summed E-state index contributed by atoms with van der Waals surface area (Å²) in [5.74, 6) is 2.03. The van der Waals surface area contributed by atoms with Crippen molar-refractivity contribution in [3.8, 4) is 22.5 Å². The Morgan fingerprint density at radius 2 is 1.63 bits per heavy atom. The molecule has 0 saturated heterocycles. The molecule has 0 atom stereocenters. The van der Waals surface area contributed by atoms with E-state index in [2.05, 4.69) is 71.7 Å². The summed E-state index contributed by atoms with van der Waals surface area (Å²) in [6.45, 7) is 12.3. The molecule has 2 heterocycles. The number of hydrogen-bond acceptors (Lipinski definition) is 7. The Balaban J connectivity index is 1.61. The van der Waals surface area contributed by atoms with Crippen LogP contribution >= 0.6 is 0 Å². The van der Waals surface area contributed by atoms with Crippen molar-refractivity contribution in [2.75, 3.05) is 13.2 Å². The average Bonchev–Trinajstić information content (AvgIpc) is 3.49. The van der Waals surface area contributed by atoms with Crippen LogP contribution in [0.3, 0.4) is 0 Å². The van der Waals surface area contributed by atoms with Crippen molar-refractivity contribution >= 4 is 0 Å². The number of benzene rings is 2. The number of tetrazole rings is 1. The quantitative estimate of drug-likeness (QED) is 0.328. The van der Waals surface area contributed by atoms with Crippen LogP contribution in [0.1, 0.15) is 58.1 Å². The highest BCUT2D eigenvalue weighted by molar-refractivity contribution is 5.80. The van der Waals surface area contributed by atoms with Crippen LogP contribution in [0.4, 0.5) is 0 Å². The van der Waals surface area contributed by atoms with Gasteiger partial charge in [-0.15, -0.1) is 10.2 Å². The van der Waals surface area contributed by atoms with Crippen LogP contribution in [-0.4, -0.2) is 48.6 Å². The Morgan fingerprint density at radius 3 is 2.23 bits per heavy atom. The first-order valence-corrected chi connectivity index (χ1v) is 12.0. The molecule has 0 bridgehead atoms. The number of nitrogens with zero attached hydrogens (tertiary/aromatic N) is 6. The van der Waals surface area contributed by atoms with Crippen LogP contribution in [0.15, 0.2) is 48.5 Å². The summed E-state index contributed by atoms with van der Waals surface area (Å²) in [5.41, 5.74) is 4.26. The van der Waals surface area contributed by atoms with Crippen LogP contribution in [0.2, 0.25) is 0 Å². The zero-order valence-electron chi connectivity index (χ0n) is 21.0. The molecule has 0 unspecified atom stereocenters. The van der Waals surface area contributed by atoms with Gasteiger partial charge in [-0.3, -0.25) is 0 Å². The predicted octanol–water partition coefficient (Wildman–Crippen LogP) is 4.83. The normalized spacial score (nSPS) is 11.9. The molecule has 9 heteroatoms. The van der Waals surface area contributed by atoms with E-state index in [0.717, 1.165) is 34.6 Å². The van der Waals surface area contributed by atoms with Gasteiger partial charge in [0.2, 0.25) is 17.9 Å². The maximum atomic E-state index is 5.75. The molecular weight excluding hydrogens is 442 g/mol. The van der Waals surface area contributed by atoms with Gasteiger partial charge >= 0.3 is 0 Å². The Hall–Kier alpha value is -3.43. The van der Waals surface area contributed by atoms with Crippen molar-refractivity contribution in [1.82, 2.24) is 35.4 Å². The third kappa shape index (κ3) is 6.17. The fourth-order valence-corrected chi connectivity index (χ4v) is 3.89. The molecule has 4 aromatic rings. The first-order chi connectivity index (χ1) is 16.9. The van der Waals surface area contributed by atoms with Crippen molar-refractivity contribution < 1.29 is 9.47 Å². The van der Waals surface area contributed by atoms with Crippen molar-refractivity contribution in [3.05, 3.63) is 65.7 Å². The van der Waals surface area contributed by atoms with Crippen molar-refractivity contribution in [3.63, 3.8) is 0 Å². The topological polar surface area (TPSA) is 104 Å². The summed E-state index contributed by atoms with van der Waals surface area (Å²) in [6.07, 6.45) is 0.0925. The molecule has 0 fully saturated rings. The monoisotopic (exact) mass is 475 g/mol. The number of hydrogen-bond donors (Lipinski definition) is 1. The highest BCUT2D eigenvalue weighted by atomic mass is 16.7. The summed E-state index contributed by atoms with van der Waals surface area (Å²) >= 11 is 0. The van der Waals surface area contributed by atoms with Gasteiger partial charge in [-0.25, -0.2) is 9.67 Å². The van der Waals surface area contributed by atoms with E-state index in [1.165, 1.54) is 0 Å². The maximum Gasteiger partial charge on any atom is 0.221 e. The van der Waals surface area contributed by atoms with E-state index in [0.29, 0.717) is 31.3 Å². The number of aromatic nitrogens is 7. The zero-order chi connectivity index (χ0) is 24.8. The lowest BCUT2D eigenvalue weighted by atomic mass is 9.96. The van der Waals surface area contributed by atoms with Gasteiger partial charge in [0, 0.05) is 31.7 Å². The third-order valence-electron chi connectivity index (χ3n) is 5.38. The average molecular weight is 476 g/mol. The molecule has 2 aromatic carbocycles. The van der Waals surface area contributed by atoms with Crippen LogP contribution in [0.5, 0.6) is 0 Å². The molecule has 0 aliphatic heterocycles. The summed E-state index contributed by atoms with van der Waals surface area (Å²) in [6, 6.07) is 16.5. The van der Waals surface area contributed by atoms with Gasteiger partial charge in [0.25, 0.3) is 0 Å². The van der Waals surface area contributed by atoms with E-state index in [9.17, 15) is 0 Å². The maximum absolute atomic E-state index is 5.75. The summed E-state index contributed by atoms with van der Waals surface area (Å²) in [4.78, 5) is 4.83. The molecule has 2 aromatic heterocycles. The number of ether oxygens (including phenoxy) is 2. The summed E-state index contributed by atoms with van der Waals surface area (Å²) in [5, 5.41) is 19.3. The SMILES string of the molecule is CCOC(OCC)c1nc(Cc2ccc(-c3ccccc3-c3nn[nH]n3)cc2)n(CC(C)(C)C)n1. The molecule has 1 N–H and O–H groups in total. The molecule has 0 amide bonds. The second-order valence-corrected chi connectivity index (χ2v) is 9.50. The number of H-pyrrole nitrogens is 1. The molecule has 35 heavy (non-hydrogen) atoms. The van der Waals surface area contributed by atoms with Gasteiger partial charge in [-0.1, -0.05) is 69.3 Å². The predicted molar refractivity (Wildman–Crippen MR) is 133 cm³/mol. The molecular formula is C26H33N7O2. The number of rotatable bonds is 10. The van der Waals surface area contributed by atoms with E-state index < -0.39 is 6.29 Å². The van der Waals surface area contributed by atoms with E-state index in [4.69, 9.17) is 19.6 Å². The second-order valence-electron chi connectivity index (χ2n) is 9.50. The Bertz CT molecular complexity index is 1210. The summed E-state index contributed by atoms with van der Waals surface area (Å²) in [7, 11) is 0. The van der Waals surface area contributed by atoms with Gasteiger partial charge in [-0.2, -0.15) is 10.3 Å². The van der Waals surface area contributed by atoms with Crippen LogP contribution in [0, 0.1) is 5.41 Å². The van der Waals surface area contributed by atoms with Crippen molar-refractivity contribution in [1.29, 1.82) is 0 Å². The lowest BCUT2D eigenvalue weighted by molar-refractivity contribution is -0.145. The largest absolute Gasteiger partial charge is 0.346 e. The first-order valence-electron chi connectivity index (χ1n) is 12.0. The lowest BCUT2D eigenvalue weighted by Gasteiger charge is -2.19. The molecule has 0 aliphatic rings. The molecule has 4 rings (SSSR count). The first kappa shape index (κ1) is 24.7. The van der Waals surface area contributed by atoms with E-state index in [1.54, 1.807) is 0 Å². The highest BCUT2D eigenvalue weighted by Gasteiger charge is 2.23. The molecule has 0 saturated carbocycles. The van der Waals surface area contributed by atoms with Gasteiger partial charge in [0.15, 0.2) is 0 Å². The van der Waals surface area contributed by atoms with Gasteiger partial charge in [0.05, 0.1) is 0 Å². The fraction of sp³-hybridized carbons (Fsp3) is 0.423. The minimum absolute atomic E-state index is 0.0508. The van der Waals surface area contributed by atoms with Crippen LogP contribution < -0.4 is 0 Å².